The molecule has 1 aliphatic rings. The summed E-state index contributed by atoms with van der Waals surface area (Å²) in [5.41, 5.74) is 1.29. The Morgan fingerprint density at radius 2 is 2.05 bits per heavy atom. The van der Waals surface area contributed by atoms with Crippen LogP contribution in [0, 0.1) is 10.5 Å². The molecule has 118 valence electrons. The van der Waals surface area contributed by atoms with E-state index >= 15 is 0 Å². The quantitative estimate of drug-likeness (QED) is 0.533. The van der Waals surface area contributed by atoms with Crippen LogP contribution >= 0.6 is 22.6 Å². The fourth-order valence-corrected chi connectivity index (χ4v) is 2.55. The predicted octanol–water partition coefficient (Wildman–Crippen LogP) is 3.96. The SMILES string of the molecule is COC(=O)C1=CC(C(F)(F)F)N(c2ccc(C)c(I)c2)C=C1. The lowest BCUT2D eigenvalue weighted by Crippen LogP contribution is -2.43. The highest BCUT2D eigenvalue weighted by atomic mass is 127. The third-order valence-corrected chi connectivity index (χ3v) is 4.42. The summed E-state index contributed by atoms with van der Waals surface area (Å²) in [6.07, 6.45) is -1.06. The van der Waals surface area contributed by atoms with E-state index in [2.05, 4.69) is 27.3 Å². The van der Waals surface area contributed by atoms with Crippen molar-refractivity contribution >= 4 is 34.2 Å². The largest absolute Gasteiger partial charge is 0.465 e. The third kappa shape index (κ3) is 3.45. The van der Waals surface area contributed by atoms with Crippen molar-refractivity contribution in [3.05, 3.63) is 51.3 Å². The molecule has 22 heavy (non-hydrogen) atoms. The Bertz CT molecular complexity index is 653. The summed E-state index contributed by atoms with van der Waals surface area (Å²) in [4.78, 5) is 12.5. The van der Waals surface area contributed by atoms with Crippen molar-refractivity contribution in [3.63, 3.8) is 0 Å². The van der Waals surface area contributed by atoms with Gasteiger partial charge in [0.1, 0.15) is 6.04 Å². The van der Waals surface area contributed by atoms with E-state index in [1.807, 2.05) is 6.92 Å². The third-order valence-electron chi connectivity index (χ3n) is 3.26. The zero-order valence-electron chi connectivity index (χ0n) is 11.8. The van der Waals surface area contributed by atoms with Gasteiger partial charge in [-0.1, -0.05) is 6.07 Å². The van der Waals surface area contributed by atoms with E-state index in [4.69, 9.17) is 0 Å². The topological polar surface area (TPSA) is 29.5 Å². The van der Waals surface area contributed by atoms with Crippen LogP contribution in [0.2, 0.25) is 0 Å². The minimum absolute atomic E-state index is 0.108. The highest BCUT2D eigenvalue weighted by Gasteiger charge is 2.43. The lowest BCUT2D eigenvalue weighted by atomic mass is 10.1. The second-order valence-corrected chi connectivity index (χ2v) is 5.92. The number of methoxy groups -OCH3 is 1. The maximum atomic E-state index is 13.3. The molecule has 0 fully saturated rings. The average Bonchev–Trinajstić information content (AvgIpc) is 2.48. The van der Waals surface area contributed by atoms with E-state index in [1.165, 1.54) is 12.3 Å². The fourth-order valence-electron chi connectivity index (χ4n) is 2.05. The summed E-state index contributed by atoms with van der Waals surface area (Å²) in [5, 5.41) is 0. The summed E-state index contributed by atoms with van der Waals surface area (Å²) in [7, 11) is 1.13. The van der Waals surface area contributed by atoms with Crippen molar-refractivity contribution in [3.8, 4) is 0 Å². The summed E-state index contributed by atoms with van der Waals surface area (Å²) in [5.74, 6) is -0.788. The summed E-state index contributed by atoms with van der Waals surface area (Å²) >= 11 is 2.07. The highest BCUT2D eigenvalue weighted by Crippen LogP contribution is 2.34. The number of rotatable bonds is 2. The Morgan fingerprint density at radius 3 is 2.59 bits per heavy atom. The van der Waals surface area contributed by atoms with Gasteiger partial charge in [-0.15, -0.1) is 0 Å². The summed E-state index contributed by atoms with van der Waals surface area (Å²) < 4.78 is 45.3. The lowest BCUT2D eigenvalue weighted by Gasteiger charge is -2.33. The Labute approximate surface area is 139 Å². The van der Waals surface area contributed by atoms with E-state index in [9.17, 15) is 18.0 Å². The van der Waals surface area contributed by atoms with Crippen LogP contribution in [0.1, 0.15) is 5.56 Å². The van der Waals surface area contributed by atoms with E-state index in [-0.39, 0.29) is 5.57 Å². The number of ether oxygens (including phenoxy) is 1. The average molecular weight is 423 g/mol. The molecule has 1 unspecified atom stereocenters. The minimum atomic E-state index is -4.51. The molecule has 3 nitrogen and oxygen atoms in total. The number of hydrogen-bond donors (Lipinski definition) is 0. The smallest absolute Gasteiger partial charge is 0.412 e. The molecule has 1 aromatic rings. The van der Waals surface area contributed by atoms with Crippen LogP contribution in [0.25, 0.3) is 0 Å². The maximum absolute atomic E-state index is 13.3. The van der Waals surface area contributed by atoms with Crippen LogP contribution in [0.3, 0.4) is 0 Å². The van der Waals surface area contributed by atoms with Crippen molar-refractivity contribution in [2.24, 2.45) is 0 Å². The van der Waals surface area contributed by atoms with Gasteiger partial charge in [-0.2, -0.15) is 13.2 Å². The van der Waals surface area contributed by atoms with Crippen molar-refractivity contribution in [1.82, 2.24) is 0 Å². The van der Waals surface area contributed by atoms with E-state index in [0.29, 0.717) is 5.69 Å². The van der Waals surface area contributed by atoms with Gasteiger partial charge in [0, 0.05) is 15.5 Å². The molecule has 0 N–H and O–H groups in total. The number of alkyl halides is 3. The zero-order valence-corrected chi connectivity index (χ0v) is 14.0. The molecule has 7 heteroatoms. The molecular weight excluding hydrogens is 410 g/mol. The van der Waals surface area contributed by atoms with Crippen LogP contribution in [0.4, 0.5) is 18.9 Å². The van der Waals surface area contributed by atoms with Gasteiger partial charge in [0.05, 0.1) is 12.7 Å². The molecule has 0 spiro atoms. The zero-order chi connectivity index (χ0) is 16.5. The first kappa shape index (κ1) is 16.9. The van der Waals surface area contributed by atoms with E-state index < -0.39 is 18.2 Å². The first-order valence-electron chi connectivity index (χ1n) is 6.33. The fraction of sp³-hybridized carbons (Fsp3) is 0.267. The Balaban J connectivity index is 2.43. The highest BCUT2D eigenvalue weighted by molar-refractivity contribution is 14.1. The Kier molecular flexibility index (Phi) is 4.84. The molecule has 0 amide bonds. The van der Waals surface area contributed by atoms with E-state index in [1.54, 1.807) is 18.2 Å². The molecule has 0 radical (unpaired) electrons. The number of benzene rings is 1. The molecule has 1 atom stereocenters. The molecule has 1 aromatic carbocycles. The molecular formula is C15H13F3INO2. The number of esters is 1. The molecule has 0 aliphatic carbocycles. The second-order valence-electron chi connectivity index (χ2n) is 4.76. The van der Waals surface area contributed by atoms with Gasteiger partial charge in [0.2, 0.25) is 0 Å². The van der Waals surface area contributed by atoms with Crippen LogP contribution in [-0.4, -0.2) is 25.3 Å². The van der Waals surface area contributed by atoms with Crippen LogP contribution in [-0.2, 0) is 9.53 Å². The van der Waals surface area contributed by atoms with Gasteiger partial charge in [-0.25, -0.2) is 4.79 Å². The predicted molar refractivity (Wildman–Crippen MR) is 85.5 cm³/mol. The first-order valence-corrected chi connectivity index (χ1v) is 7.41. The number of nitrogens with zero attached hydrogens (tertiary/aromatic N) is 1. The van der Waals surface area contributed by atoms with Crippen molar-refractivity contribution in [2.75, 3.05) is 12.0 Å². The van der Waals surface area contributed by atoms with Crippen LogP contribution in [0.15, 0.2) is 42.1 Å². The van der Waals surface area contributed by atoms with Gasteiger partial charge in [0.25, 0.3) is 0 Å². The Hall–Kier alpha value is -1.51. The van der Waals surface area contributed by atoms with Gasteiger partial charge in [-0.3, -0.25) is 0 Å². The summed E-state index contributed by atoms with van der Waals surface area (Å²) in [6, 6.07) is 3.15. The number of hydrogen-bond acceptors (Lipinski definition) is 3. The first-order chi connectivity index (χ1) is 10.2. The van der Waals surface area contributed by atoms with Gasteiger partial charge >= 0.3 is 12.1 Å². The van der Waals surface area contributed by atoms with Crippen LogP contribution in [0.5, 0.6) is 0 Å². The van der Waals surface area contributed by atoms with Gasteiger partial charge in [0.15, 0.2) is 0 Å². The van der Waals surface area contributed by atoms with Gasteiger partial charge in [-0.05, 0) is 59.4 Å². The lowest BCUT2D eigenvalue weighted by molar-refractivity contribution is -0.138. The molecule has 1 heterocycles. The molecule has 0 saturated heterocycles. The van der Waals surface area contributed by atoms with Crippen molar-refractivity contribution in [2.45, 2.75) is 19.1 Å². The number of aryl methyl sites for hydroxylation is 1. The number of halogens is 4. The monoisotopic (exact) mass is 423 g/mol. The molecule has 1 aliphatic heterocycles. The molecule has 0 bridgehead atoms. The standard InChI is InChI=1S/C15H13F3INO2/c1-9-3-4-11(8-12(9)19)20-6-5-10(14(21)22-2)7-13(20)15(16,17)18/h3-8,13H,1-2H3. The number of carbonyl (C=O) groups is 1. The molecule has 0 aromatic heterocycles. The number of anilines is 1. The minimum Gasteiger partial charge on any atom is -0.465 e. The maximum Gasteiger partial charge on any atom is 0.412 e. The molecule has 0 saturated carbocycles. The van der Waals surface area contributed by atoms with Crippen molar-refractivity contribution < 1.29 is 22.7 Å². The van der Waals surface area contributed by atoms with Gasteiger partial charge < -0.3 is 9.64 Å². The normalized spacial score (nSPS) is 18.2. The molecule has 2 rings (SSSR count). The van der Waals surface area contributed by atoms with E-state index in [0.717, 1.165) is 27.2 Å². The number of carbonyl (C=O) groups excluding carboxylic acids is 1. The van der Waals surface area contributed by atoms with Crippen molar-refractivity contribution in [1.29, 1.82) is 0 Å². The second kappa shape index (κ2) is 6.31. The van der Waals surface area contributed by atoms with Crippen LogP contribution < -0.4 is 4.90 Å². The Morgan fingerprint density at radius 1 is 1.36 bits per heavy atom. The summed E-state index contributed by atoms with van der Waals surface area (Å²) in [6.45, 7) is 1.88.